The zero-order valence-electron chi connectivity index (χ0n) is 13.6. The summed E-state index contributed by atoms with van der Waals surface area (Å²) in [4.78, 5) is 13.2. The molecular weight excluding hydrogens is 354 g/mol. The van der Waals surface area contributed by atoms with Gasteiger partial charge >= 0.3 is 6.09 Å². The number of sulfone groups is 1. The molecular formula is C18H15N3O4S. The number of nitrogens with zero attached hydrogens (tertiary/aromatic N) is 3. The summed E-state index contributed by atoms with van der Waals surface area (Å²) >= 11 is 0. The maximum atomic E-state index is 12.1. The van der Waals surface area contributed by atoms with E-state index in [1.54, 1.807) is 42.5 Å². The third-order valence-electron chi connectivity index (χ3n) is 4.18. The second kappa shape index (κ2) is 5.99. The van der Waals surface area contributed by atoms with E-state index in [0.29, 0.717) is 22.6 Å². The number of rotatable bonds is 3. The van der Waals surface area contributed by atoms with Crippen LogP contribution in [0, 0.1) is 0 Å². The predicted octanol–water partition coefficient (Wildman–Crippen LogP) is 3.12. The van der Waals surface area contributed by atoms with Crippen molar-refractivity contribution in [1.29, 1.82) is 0 Å². The summed E-state index contributed by atoms with van der Waals surface area (Å²) in [5.41, 5.74) is 1.91. The zero-order chi connectivity index (χ0) is 18.3. The van der Waals surface area contributed by atoms with Gasteiger partial charge in [-0.15, -0.1) is 0 Å². The van der Waals surface area contributed by atoms with E-state index in [-0.39, 0.29) is 17.3 Å². The summed E-state index contributed by atoms with van der Waals surface area (Å²) in [5.74, 6) is -0.163. The molecule has 2 heterocycles. The van der Waals surface area contributed by atoms with Crippen LogP contribution in [0.25, 0.3) is 5.69 Å². The van der Waals surface area contributed by atoms with Crippen LogP contribution in [-0.2, 0) is 21.3 Å². The monoisotopic (exact) mass is 369 g/mol. The predicted molar refractivity (Wildman–Crippen MR) is 96.5 cm³/mol. The Morgan fingerprint density at radius 1 is 1.00 bits per heavy atom. The number of aromatic nitrogens is 2. The number of benzene rings is 2. The second-order valence-corrected chi connectivity index (χ2v) is 8.05. The molecule has 1 amide bonds. The molecule has 8 heteroatoms. The third kappa shape index (κ3) is 2.74. The fourth-order valence-electron chi connectivity index (χ4n) is 3.11. The Labute approximate surface area is 150 Å². The Morgan fingerprint density at radius 3 is 2.23 bits per heavy atom. The van der Waals surface area contributed by atoms with E-state index < -0.39 is 15.9 Å². The van der Waals surface area contributed by atoms with Crippen LogP contribution in [0.1, 0.15) is 11.3 Å². The number of carbonyl (C=O) groups is 1. The molecule has 0 radical (unpaired) electrons. The van der Waals surface area contributed by atoms with Crippen molar-refractivity contribution in [2.24, 2.45) is 0 Å². The number of anilines is 2. The minimum Gasteiger partial charge on any atom is -0.464 e. The van der Waals surface area contributed by atoms with E-state index in [2.05, 4.69) is 5.10 Å². The van der Waals surface area contributed by atoms with Crippen molar-refractivity contribution in [3.8, 4) is 5.69 Å². The SMILES string of the molecule is O=C(O)N(c1ccccc1)c1c2c(nn1-c1ccccc1)CS(=O)(=O)C2. The van der Waals surface area contributed by atoms with E-state index in [1.165, 1.54) is 4.68 Å². The molecule has 132 valence electrons. The van der Waals surface area contributed by atoms with E-state index >= 15 is 0 Å². The van der Waals surface area contributed by atoms with Gasteiger partial charge < -0.3 is 5.11 Å². The van der Waals surface area contributed by atoms with Gasteiger partial charge in [-0.2, -0.15) is 5.10 Å². The second-order valence-electron chi connectivity index (χ2n) is 5.98. The van der Waals surface area contributed by atoms with Gasteiger partial charge in [-0.3, -0.25) is 0 Å². The van der Waals surface area contributed by atoms with Gasteiger partial charge in [0.15, 0.2) is 15.7 Å². The molecule has 3 aromatic rings. The molecule has 0 fully saturated rings. The van der Waals surface area contributed by atoms with Crippen molar-refractivity contribution in [2.45, 2.75) is 11.5 Å². The summed E-state index contributed by atoms with van der Waals surface area (Å²) in [6, 6.07) is 17.6. The van der Waals surface area contributed by atoms with Crippen molar-refractivity contribution in [3.63, 3.8) is 0 Å². The Kier molecular flexibility index (Phi) is 3.77. The maximum Gasteiger partial charge on any atom is 0.417 e. The van der Waals surface area contributed by atoms with Crippen LogP contribution in [0.2, 0.25) is 0 Å². The molecule has 0 unspecified atom stereocenters. The van der Waals surface area contributed by atoms with Crippen LogP contribution >= 0.6 is 0 Å². The van der Waals surface area contributed by atoms with Crippen LogP contribution in [-0.4, -0.2) is 29.4 Å². The Hall–Kier alpha value is -3.13. The molecule has 1 N–H and O–H groups in total. The molecule has 1 aromatic heterocycles. The fraction of sp³-hybridized carbons (Fsp3) is 0.111. The number of hydrogen-bond acceptors (Lipinski definition) is 4. The van der Waals surface area contributed by atoms with Crippen molar-refractivity contribution >= 4 is 27.4 Å². The minimum atomic E-state index is -3.32. The van der Waals surface area contributed by atoms with E-state index in [4.69, 9.17) is 0 Å². The molecule has 0 saturated carbocycles. The lowest BCUT2D eigenvalue weighted by atomic mass is 10.2. The van der Waals surface area contributed by atoms with Crippen LogP contribution in [0.3, 0.4) is 0 Å². The smallest absolute Gasteiger partial charge is 0.417 e. The van der Waals surface area contributed by atoms with Crippen molar-refractivity contribution in [2.75, 3.05) is 4.90 Å². The highest BCUT2D eigenvalue weighted by Gasteiger charge is 2.36. The van der Waals surface area contributed by atoms with Crippen molar-refractivity contribution in [1.82, 2.24) is 9.78 Å². The van der Waals surface area contributed by atoms with Gasteiger partial charge in [0.1, 0.15) is 0 Å². The molecule has 2 aromatic carbocycles. The lowest BCUT2D eigenvalue weighted by molar-refractivity contribution is 0.204. The highest BCUT2D eigenvalue weighted by Crippen LogP contribution is 2.38. The van der Waals surface area contributed by atoms with Crippen LogP contribution < -0.4 is 4.90 Å². The molecule has 7 nitrogen and oxygen atoms in total. The molecule has 0 bridgehead atoms. The fourth-order valence-corrected chi connectivity index (χ4v) is 4.59. The molecule has 0 atom stereocenters. The standard InChI is InChI=1S/C18H15N3O4S/c22-18(23)20(13-7-3-1-4-8-13)17-15-11-26(24,25)12-16(15)19-21(17)14-9-5-2-6-10-14/h1-10H,11-12H2,(H,22,23). The summed E-state index contributed by atoms with van der Waals surface area (Å²) in [6.45, 7) is 0. The summed E-state index contributed by atoms with van der Waals surface area (Å²) in [6.07, 6.45) is -1.21. The topological polar surface area (TPSA) is 92.5 Å². The first-order valence-corrected chi connectivity index (χ1v) is 9.73. The molecule has 1 aliphatic rings. The maximum absolute atomic E-state index is 12.1. The first-order valence-electron chi connectivity index (χ1n) is 7.91. The van der Waals surface area contributed by atoms with Gasteiger partial charge in [0.25, 0.3) is 0 Å². The van der Waals surface area contributed by atoms with Gasteiger partial charge in [-0.05, 0) is 24.3 Å². The number of amides is 1. The molecule has 1 aliphatic heterocycles. The normalized spacial score (nSPS) is 14.8. The third-order valence-corrected chi connectivity index (χ3v) is 5.62. The van der Waals surface area contributed by atoms with Crippen LogP contribution in [0.15, 0.2) is 60.7 Å². The molecule has 26 heavy (non-hydrogen) atoms. The van der Waals surface area contributed by atoms with Gasteiger partial charge in [-0.1, -0.05) is 36.4 Å². The molecule has 0 spiro atoms. The average molecular weight is 369 g/mol. The van der Waals surface area contributed by atoms with Crippen molar-refractivity contribution in [3.05, 3.63) is 71.9 Å². The highest BCUT2D eigenvalue weighted by molar-refractivity contribution is 7.90. The summed E-state index contributed by atoms with van der Waals surface area (Å²) < 4.78 is 25.6. The number of para-hydroxylation sites is 2. The minimum absolute atomic E-state index is 0.183. The summed E-state index contributed by atoms with van der Waals surface area (Å²) in [7, 11) is -3.32. The first-order chi connectivity index (χ1) is 12.5. The quantitative estimate of drug-likeness (QED) is 0.766. The van der Waals surface area contributed by atoms with Gasteiger partial charge in [0, 0.05) is 5.56 Å². The summed E-state index contributed by atoms with van der Waals surface area (Å²) in [5, 5.41) is 14.3. The largest absolute Gasteiger partial charge is 0.464 e. The van der Waals surface area contributed by atoms with Gasteiger partial charge in [0.2, 0.25) is 0 Å². The highest BCUT2D eigenvalue weighted by atomic mass is 32.2. The first kappa shape index (κ1) is 16.3. The number of hydrogen-bond donors (Lipinski definition) is 1. The Bertz CT molecular complexity index is 1080. The molecule has 0 aliphatic carbocycles. The molecule has 4 rings (SSSR count). The van der Waals surface area contributed by atoms with E-state index in [0.717, 1.165) is 4.90 Å². The van der Waals surface area contributed by atoms with E-state index in [9.17, 15) is 18.3 Å². The zero-order valence-corrected chi connectivity index (χ0v) is 14.4. The van der Waals surface area contributed by atoms with Crippen molar-refractivity contribution < 1.29 is 18.3 Å². The van der Waals surface area contributed by atoms with Gasteiger partial charge in [-0.25, -0.2) is 22.8 Å². The lowest BCUT2D eigenvalue weighted by Crippen LogP contribution is -2.27. The number of fused-ring (bicyclic) bond motifs is 1. The Balaban J connectivity index is 1.98. The lowest BCUT2D eigenvalue weighted by Gasteiger charge is -2.21. The van der Waals surface area contributed by atoms with Gasteiger partial charge in [0.05, 0.1) is 28.6 Å². The van der Waals surface area contributed by atoms with E-state index in [1.807, 2.05) is 18.2 Å². The van der Waals surface area contributed by atoms with Crippen LogP contribution in [0.4, 0.5) is 16.3 Å². The number of carboxylic acid groups (broad SMARTS) is 1. The van der Waals surface area contributed by atoms with Crippen LogP contribution in [0.5, 0.6) is 0 Å². The average Bonchev–Trinajstić information content (AvgIpc) is 3.09. The molecule has 0 saturated heterocycles. The Morgan fingerprint density at radius 2 is 1.62 bits per heavy atom.